The summed E-state index contributed by atoms with van der Waals surface area (Å²) in [6.07, 6.45) is 1.81. The van der Waals surface area contributed by atoms with Crippen LogP contribution in [0.15, 0.2) is 48.7 Å². The number of benzene rings is 1. The van der Waals surface area contributed by atoms with Crippen molar-refractivity contribution in [3.05, 3.63) is 59.9 Å². The van der Waals surface area contributed by atoms with Gasteiger partial charge in [0.15, 0.2) is 0 Å². The number of pyridine rings is 1. The smallest absolute Gasteiger partial charge is 0.0594 e. The van der Waals surface area contributed by atoms with Crippen LogP contribution in [0.5, 0.6) is 0 Å². The Bertz CT molecular complexity index is 406. The minimum atomic E-state index is 0.768. The van der Waals surface area contributed by atoms with Crippen molar-refractivity contribution in [3.8, 4) is 0 Å². The van der Waals surface area contributed by atoms with Crippen molar-refractivity contribution in [2.24, 2.45) is 0 Å². The van der Waals surface area contributed by atoms with Crippen LogP contribution < -0.4 is 5.32 Å². The second-order valence-electron chi connectivity index (χ2n) is 3.54. The number of nitrogens with zero attached hydrogens (tertiary/aromatic N) is 1. The molecule has 0 fully saturated rings. The number of nitrogens with one attached hydrogen (secondary N) is 1. The third-order valence-corrected chi connectivity index (χ3v) is 2.25. The molecule has 0 aliphatic carbocycles. The highest BCUT2D eigenvalue weighted by molar-refractivity contribution is 5.44. The normalized spacial score (nSPS) is 9.93. The minimum absolute atomic E-state index is 0.768. The zero-order valence-corrected chi connectivity index (χ0v) is 8.77. The van der Waals surface area contributed by atoms with Crippen LogP contribution in [0, 0.1) is 6.92 Å². The highest BCUT2D eigenvalue weighted by Crippen LogP contribution is 2.09. The molecular formula is C13H14N2. The summed E-state index contributed by atoms with van der Waals surface area (Å²) < 4.78 is 0. The van der Waals surface area contributed by atoms with Crippen molar-refractivity contribution in [1.29, 1.82) is 0 Å². The highest BCUT2D eigenvalue weighted by Gasteiger charge is 1.93. The largest absolute Gasteiger partial charge is 0.379 e. The number of rotatable bonds is 3. The van der Waals surface area contributed by atoms with Crippen LogP contribution in [-0.2, 0) is 6.54 Å². The van der Waals surface area contributed by atoms with Gasteiger partial charge in [-0.2, -0.15) is 0 Å². The molecule has 76 valence electrons. The molecule has 1 aromatic carbocycles. The molecule has 0 unspecified atom stereocenters. The molecule has 2 aromatic rings. The molecule has 0 saturated carbocycles. The van der Waals surface area contributed by atoms with Gasteiger partial charge in [-0.25, -0.2) is 0 Å². The first-order valence-electron chi connectivity index (χ1n) is 5.05. The number of aryl methyl sites for hydroxylation is 1. The fourth-order valence-corrected chi connectivity index (χ4v) is 1.37. The molecule has 0 spiro atoms. The molecule has 0 atom stereocenters. The van der Waals surface area contributed by atoms with Crippen LogP contribution in [0.3, 0.4) is 0 Å². The van der Waals surface area contributed by atoms with Crippen molar-refractivity contribution in [1.82, 2.24) is 4.98 Å². The van der Waals surface area contributed by atoms with E-state index in [-0.39, 0.29) is 0 Å². The third kappa shape index (κ3) is 2.81. The molecule has 0 amide bonds. The first-order valence-corrected chi connectivity index (χ1v) is 5.05. The van der Waals surface area contributed by atoms with Gasteiger partial charge in [0, 0.05) is 11.9 Å². The van der Waals surface area contributed by atoms with Crippen LogP contribution >= 0.6 is 0 Å². The van der Waals surface area contributed by atoms with Gasteiger partial charge in [-0.05, 0) is 31.2 Å². The van der Waals surface area contributed by atoms with Crippen molar-refractivity contribution < 1.29 is 0 Å². The van der Waals surface area contributed by atoms with Crippen molar-refractivity contribution >= 4 is 5.69 Å². The first-order chi connectivity index (χ1) is 7.34. The molecule has 15 heavy (non-hydrogen) atoms. The van der Waals surface area contributed by atoms with Crippen LogP contribution in [0.4, 0.5) is 5.69 Å². The fraction of sp³-hybridized carbons (Fsp3) is 0.154. The molecule has 0 aliphatic heterocycles. The summed E-state index contributed by atoms with van der Waals surface area (Å²) in [6.45, 7) is 2.85. The van der Waals surface area contributed by atoms with Crippen LogP contribution in [-0.4, -0.2) is 4.98 Å². The maximum atomic E-state index is 4.25. The molecule has 0 saturated heterocycles. The Morgan fingerprint density at radius 1 is 1.07 bits per heavy atom. The van der Waals surface area contributed by atoms with Gasteiger partial charge in [0.2, 0.25) is 0 Å². The zero-order chi connectivity index (χ0) is 10.5. The summed E-state index contributed by atoms with van der Waals surface area (Å²) in [5.74, 6) is 0. The van der Waals surface area contributed by atoms with Gasteiger partial charge in [-0.1, -0.05) is 23.8 Å². The number of anilines is 1. The van der Waals surface area contributed by atoms with E-state index in [1.165, 1.54) is 5.56 Å². The van der Waals surface area contributed by atoms with Gasteiger partial charge in [0.25, 0.3) is 0 Å². The second-order valence-corrected chi connectivity index (χ2v) is 3.54. The maximum Gasteiger partial charge on any atom is 0.0594 e. The number of hydrogen-bond acceptors (Lipinski definition) is 2. The first kappa shape index (κ1) is 9.71. The molecule has 2 rings (SSSR count). The maximum absolute atomic E-state index is 4.25. The molecule has 2 nitrogen and oxygen atoms in total. The topological polar surface area (TPSA) is 24.9 Å². The van der Waals surface area contributed by atoms with Gasteiger partial charge in [0.05, 0.1) is 12.2 Å². The van der Waals surface area contributed by atoms with Gasteiger partial charge in [0.1, 0.15) is 0 Å². The standard InChI is InChI=1S/C13H14N2/c1-11-5-7-12(8-6-11)15-10-13-4-2-3-9-14-13/h2-9,15H,10H2,1H3. The van der Waals surface area contributed by atoms with E-state index in [1.54, 1.807) is 0 Å². The lowest BCUT2D eigenvalue weighted by Gasteiger charge is -2.05. The van der Waals surface area contributed by atoms with E-state index in [4.69, 9.17) is 0 Å². The lowest BCUT2D eigenvalue weighted by molar-refractivity contribution is 1.05. The van der Waals surface area contributed by atoms with Crippen LogP contribution in [0.2, 0.25) is 0 Å². The average Bonchev–Trinajstić information content (AvgIpc) is 2.30. The average molecular weight is 198 g/mol. The van der Waals surface area contributed by atoms with Crippen molar-refractivity contribution in [2.45, 2.75) is 13.5 Å². The Morgan fingerprint density at radius 3 is 2.53 bits per heavy atom. The van der Waals surface area contributed by atoms with Crippen molar-refractivity contribution in [2.75, 3.05) is 5.32 Å². The number of hydrogen-bond donors (Lipinski definition) is 1. The molecule has 0 aliphatic rings. The van der Waals surface area contributed by atoms with E-state index < -0.39 is 0 Å². The van der Waals surface area contributed by atoms with E-state index >= 15 is 0 Å². The number of aromatic nitrogens is 1. The Morgan fingerprint density at radius 2 is 1.87 bits per heavy atom. The van der Waals surface area contributed by atoms with E-state index in [9.17, 15) is 0 Å². The van der Waals surface area contributed by atoms with Crippen LogP contribution in [0.25, 0.3) is 0 Å². The van der Waals surface area contributed by atoms with Gasteiger partial charge in [-0.15, -0.1) is 0 Å². The second kappa shape index (κ2) is 4.60. The summed E-state index contributed by atoms with van der Waals surface area (Å²) in [6, 6.07) is 14.3. The summed E-state index contributed by atoms with van der Waals surface area (Å²) in [7, 11) is 0. The molecule has 1 heterocycles. The van der Waals surface area contributed by atoms with Crippen molar-refractivity contribution in [3.63, 3.8) is 0 Å². The fourth-order valence-electron chi connectivity index (χ4n) is 1.37. The van der Waals surface area contributed by atoms with E-state index in [0.29, 0.717) is 0 Å². The predicted molar refractivity (Wildman–Crippen MR) is 62.7 cm³/mol. The van der Waals surface area contributed by atoms with E-state index in [2.05, 4.69) is 41.5 Å². The molecule has 1 aromatic heterocycles. The minimum Gasteiger partial charge on any atom is -0.379 e. The summed E-state index contributed by atoms with van der Waals surface area (Å²) in [5.41, 5.74) is 3.46. The summed E-state index contributed by atoms with van der Waals surface area (Å²) >= 11 is 0. The SMILES string of the molecule is Cc1ccc(NCc2ccccn2)cc1. The van der Waals surface area contributed by atoms with Gasteiger partial charge < -0.3 is 5.32 Å². The van der Waals surface area contributed by atoms with Gasteiger partial charge in [-0.3, -0.25) is 4.98 Å². The monoisotopic (exact) mass is 198 g/mol. The Labute approximate surface area is 90.0 Å². The zero-order valence-electron chi connectivity index (χ0n) is 8.77. The quantitative estimate of drug-likeness (QED) is 0.820. The Balaban J connectivity index is 1.96. The molecule has 2 heteroatoms. The molecule has 1 N–H and O–H groups in total. The molecular weight excluding hydrogens is 184 g/mol. The lowest BCUT2D eigenvalue weighted by Crippen LogP contribution is -2.00. The predicted octanol–water partition coefficient (Wildman–Crippen LogP) is 3.00. The summed E-state index contributed by atoms with van der Waals surface area (Å²) in [4.78, 5) is 4.25. The summed E-state index contributed by atoms with van der Waals surface area (Å²) in [5, 5.41) is 3.33. The Kier molecular flexibility index (Phi) is 2.98. The van der Waals surface area contributed by atoms with E-state index in [1.807, 2.05) is 24.4 Å². The highest BCUT2D eigenvalue weighted by atomic mass is 14.9. The Hall–Kier alpha value is -1.83. The molecule has 0 bridgehead atoms. The van der Waals surface area contributed by atoms with Gasteiger partial charge >= 0.3 is 0 Å². The molecule has 0 radical (unpaired) electrons. The lowest BCUT2D eigenvalue weighted by atomic mass is 10.2. The van der Waals surface area contributed by atoms with E-state index in [0.717, 1.165) is 17.9 Å². The van der Waals surface area contributed by atoms with Crippen LogP contribution in [0.1, 0.15) is 11.3 Å². The third-order valence-electron chi connectivity index (χ3n) is 2.25.